The number of anilines is 1. The van der Waals surface area contributed by atoms with E-state index in [1.54, 1.807) is 7.11 Å². The van der Waals surface area contributed by atoms with Gasteiger partial charge >= 0.3 is 0 Å². The molecular weight excluding hydrogens is 314 g/mol. The van der Waals surface area contributed by atoms with E-state index in [1.807, 2.05) is 17.9 Å². The highest BCUT2D eigenvalue weighted by atomic mass is 16.5. The Kier molecular flexibility index (Phi) is 5.58. The normalized spacial score (nSPS) is 14.5. The van der Waals surface area contributed by atoms with Crippen LogP contribution in [-0.4, -0.2) is 35.0 Å². The third kappa shape index (κ3) is 3.95. The van der Waals surface area contributed by atoms with Gasteiger partial charge in [0.25, 0.3) is 0 Å². The smallest absolute Gasteiger partial charge is 0.216 e. The summed E-state index contributed by atoms with van der Waals surface area (Å²) in [4.78, 5) is 6.97. The van der Waals surface area contributed by atoms with Crippen LogP contribution in [-0.2, 0) is 20.1 Å². The van der Waals surface area contributed by atoms with Crippen LogP contribution in [0, 0.1) is 0 Å². The van der Waals surface area contributed by atoms with E-state index >= 15 is 0 Å². The number of rotatable bonds is 7. The van der Waals surface area contributed by atoms with E-state index in [-0.39, 0.29) is 0 Å². The quantitative estimate of drug-likeness (QED) is 0.838. The Labute approximate surface area is 150 Å². The summed E-state index contributed by atoms with van der Waals surface area (Å²) in [6, 6.07) is 4.30. The molecule has 2 aromatic rings. The fourth-order valence-corrected chi connectivity index (χ4v) is 3.44. The molecule has 0 bridgehead atoms. The van der Waals surface area contributed by atoms with Crippen molar-refractivity contribution in [3.05, 3.63) is 35.2 Å². The minimum absolute atomic E-state index is 0.369. The number of nitrogens with one attached hydrogen (secondary N) is 1. The fourth-order valence-electron chi connectivity index (χ4n) is 3.44. The Hall–Kier alpha value is -2.08. The average Bonchev–Trinajstić information content (AvgIpc) is 3.23. The highest BCUT2D eigenvalue weighted by molar-refractivity contribution is 5.40. The Morgan fingerprint density at radius 3 is 2.56 bits per heavy atom. The van der Waals surface area contributed by atoms with Crippen molar-refractivity contribution in [1.29, 1.82) is 0 Å². The van der Waals surface area contributed by atoms with Crippen LogP contribution in [0.2, 0.25) is 0 Å². The molecular formula is C19H29N5O. The minimum Gasteiger partial charge on any atom is -0.481 e. The predicted molar refractivity (Wildman–Crippen MR) is 100 cm³/mol. The van der Waals surface area contributed by atoms with Crippen LogP contribution in [0.15, 0.2) is 18.3 Å². The number of nitrogens with zero attached hydrogens (tertiary/aromatic N) is 4. The van der Waals surface area contributed by atoms with Crippen molar-refractivity contribution in [2.24, 2.45) is 7.05 Å². The Bertz CT molecular complexity index is 687. The standard InChI is InChI=1S/C19H29N5O/c1-14(2)18-16(19(25-4)23(3)22-18)13-20-11-15-7-8-17(21-12-15)24-9-5-6-10-24/h7-8,12,14,20H,5-6,9-11,13H2,1-4H3. The Morgan fingerprint density at radius 1 is 1.20 bits per heavy atom. The number of ether oxygens (including phenoxy) is 1. The van der Waals surface area contributed by atoms with Crippen LogP contribution in [0.3, 0.4) is 0 Å². The van der Waals surface area contributed by atoms with Crippen LogP contribution < -0.4 is 15.0 Å². The van der Waals surface area contributed by atoms with Gasteiger partial charge in [-0.1, -0.05) is 19.9 Å². The van der Waals surface area contributed by atoms with Crippen molar-refractivity contribution in [1.82, 2.24) is 20.1 Å². The molecule has 1 saturated heterocycles. The van der Waals surface area contributed by atoms with Crippen molar-refractivity contribution in [3.8, 4) is 5.88 Å². The first-order valence-electron chi connectivity index (χ1n) is 9.10. The summed E-state index contributed by atoms with van der Waals surface area (Å²) < 4.78 is 7.34. The number of hydrogen-bond acceptors (Lipinski definition) is 5. The molecule has 2 aromatic heterocycles. The zero-order valence-corrected chi connectivity index (χ0v) is 15.7. The van der Waals surface area contributed by atoms with Crippen molar-refractivity contribution in [2.45, 2.75) is 45.7 Å². The van der Waals surface area contributed by atoms with Crippen LogP contribution in [0.4, 0.5) is 5.82 Å². The maximum atomic E-state index is 5.53. The van der Waals surface area contributed by atoms with Gasteiger partial charge in [-0.15, -0.1) is 0 Å². The number of hydrogen-bond donors (Lipinski definition) is 1. The molecule has 6 nitrogen and oxygen atoms in total. The topological polar surface area (TPSA) is 55.2 Å². The van der Waals surface area contributed by atoms with E-state index in [0.29, 0.717) is 5.92 Å². The minimum atomic E-state index is 0.369. The van der Waals surface area contributed by atoms with Gasteiger partial charge in [0.15, 0.2) is 0 Å². The van der Waals surface area contributed by atoms with Gasteiger partial charge in [0.1, 0.15) is 5.82 Å². The average molecular weight is 343 g/mol. The van der Waals surface area contributed by atoms with E-state index in [1.165, 1.54) is 18.4 Å². The summed E-state index contributed by atoms with van der Waals surface area (Å²) in [6.07, 6.45) is 4.52. The largest absolute Gasteiger partial charge is 0.481 e. The highest BCUT2D eigenvalue weighted by Gasteiger charge is 2.19. The Morgan fingerprint density at radius 2 is 1.96 bits per heavy atom. The van der Waals surface area contributed by atoms with Gasteiger partial charge in [-0.3, -0.25) is 0 Å². The van der Waals surface area contributed by atoms with Crippen molar-refractivity contribution >= 4 is 5.82 Å². The molecule has 0 spiro atoms. The molecule has 1 fully saturated rings. The van der Waals surface area contributed by atoms with Gasteiger partial charge in [-0.05, 0) is 30.4 Å². The molecule has 1 aliphatic heterocycles. The van der Waals surface area contributed by atoms with E-state index < -0.39 is 0 Å². The second-order valence-corrected chi connectivity index (χ2v) is 6.97. The SMILES string of the molecule is COc1c(CNCc2ccc(N3CCCC3)nc2)c(C(C)C)nn1C. The van der Waals surface area contributed by atoms with Crippen molar-refractivity contribution in [2.75, 3.05) is 25.1 Å². The number of methoxy groups -OCH3 is 1. The molecule has 0 atom stereocenters. The molecule has 0 unspecified atom stereocenters. The molecule has 0 radical (unpaired) electrons. The molecule has 0 saturated carbocycles. The molecule has 3 rings (SSSR count). The van der Waals surface area contributed by atoms with Gasteiger partial charge < -0.3 is 15.0 Å². The summed E-state index contributed by atoms with van der Waals surface area (Å²) in [5.74, 6) is 2.30. The molecule has 3 heterocycles. The van der Waals surface area contributed by atoms with Crippen LogP contribution in [0.25, 0.3) is 0 Å². The predicted octanol–water partition coefficient (Wildman–Crippen LogP) is 2.84. The molecule has 136 valence electrons. The van der Waals surface area contributed by atoms with Gasteiger partial charge in [-0.2, -0.15) is 5.10 Å². The molecule has 1 N–H and O–H groups in total. The highest BCUT2D eigenvalue weighted by Crippen LogP contribution is 2.27. The lowest BCUT2D eigenvalue weighted by atomic mass is 10.1. The van der Waals surface area contributed by atoms with Gasteiger partial charge in [0.2, 0.25) is 5.88 Å². The molecule has 0 amide bonds. The van der Waals surface area contributed by atoms with Gasteiger partial charge in [-0.25, -0.2) is 9.67 Å². The summed E-state index contributed by atoms with van der Waals surface area (Å²) in [6.45, 7) is 8.09. The summed E-state index contributed by atoms with van der Waals surface area (Å²) in [5, 5.41) is 8.10. The van der Waals surface area contributed by atoms with Gasteiger partial charge in [0.05, 0.1) is 18.4 Å². The number of aromatic nitrogens is 3. The molecule has 6 heteroatoms. The van der Waals surface area contributed by atoms with E-state index in [9.17, 15) is 0 Å². The first-order valence-corrected chi connectivity index (χ1v) is 9.10. The van der Waals surface area contributed by atoms with Crippen LogP contribution >= 0.6 is 0 Å². The summed E-state index contributed by atoms with van der Waals surface area (Å²) in [5.41, 5.74) is 3.42. The molecule has 0 aromatic carbocycles. The van der Waals surface area contributed by atoms with Crippen LogP contribution in [0.5, 0.6) is 5.88 Å². The maximum Gasteiger partial charge on any atom is 0.216 e. The lowest BCUT2D eigenvalue weighted by Gasteiger charge is -2.16. The molecule has 0 aliphatic carbocycles. The zero-order valence-electron chi connectivity index (χ0n) is 15.7. The second-order valence-electron chi connectivity index (χ2n) is 6.97. The maximum absolute atomic E-state index is 5.53. The lowest BCUT2D eigenvalue weighted by molar-refractivity contribution is 0.368. The number of aryl methyl sites for hydroxylation is 1. The van der Waals surface area contributed by atoms with E-state index in [0.717, 1.165) is 49.1 Å². The lowest BCUT2D eigenvalue weighted by Crippen LogP contribution is -2.19. The molecule has 1 aliphatic rings. The Balaban J connectivity index is 1.61. The van der Waals surface area contributed by atoms with E-state index in [4.69, 9.17) is 4.74 Å². The third-order valence-electron chi connectivity index (χ3n) is 4.73. The van der Waals surface area contributed by atoms with Gasteiger partial charge in [0, 0.05) is 39.4 Å². The second kappa shape index (κ2) is 7.87. The van der Waals surface area contributed by atoms with Crippen molar-refractivity contribution in [3.63, 3.8) is 0 Å². The monoisotopic (exact) mass is 343 g/mol. The first-order chi connectivity index (χ1) is 12.1. The van der Waals surface area contributed by atoms with Crippen molar-refractivity contribution < 1.29 is 4.74 Å². The first kappa shape index (κ1) is 17.7. The zero-order chi connectivity index (χ0) is 17.8. The molecule has 25 heavy (non-hydrogen) atoms. The third-order valence-corrected chi connectivity index (χ3v) is 4.73. The number of pyridine rings is 1. The fraction of sp³-hybridized carbons (Fsp3) is 0.579. The van der Waals surface area contributed by atoms with E-state index in [2.05, 4.69) is 46.3 Å². The summed E-state index contributed by atoms with van der Waals surface area (Å²) in [7, 11) is 3.63. The summed E-state index contributed by atoms with van der Waals surface area (Å²) >= 11 is 0. The van der Waals surface area contributed by atoms with Crippen LogP contribution in [0.1, 0.15) is 49.4 Å².